The lowest BCUT2D eigenvalue weighted by Crippen LogP contribution is -2.43. The molecule has 1 aromatic heterocycles. The maximum atomic E-state index is 13.4. The quantitative estimate of drug-likeness (QED) is 0.745. The van der Waals surface area contributed by atoms with Crippen molar-refractivity contribution in [1.82, 2.24) is 20.4 Å². The van der Waals surface area contributed by atoms with E-state index in [2.05, 4.69) is 15.5 Å². The molecule has 2 heterocycles. The highest BCUT2D eigenvalue weighted by atomic mass is 19.1. The number of nitrogens with zero attached hydrogens (tertiary/aromatic N) is 3. The first-order chi connectivity index (χ1) is 13.5. The third-order valence-corrected chi connectivity index (χ3v) is 4.70. The van der Waals surface area contributed by atoms with Crippen molar-refractivity contribution in [3.8, 4) is 11.4 Å². The van der Waals surface area contributed by atoms with Crippen molar-refractivity contribution < 1.29 is 18.1 Å². The molecular formula is C20H18F2N4O2. The van der Waals surface area contributed by atoms with E-state index in [0.717, 1.165) is 11.1 Å². The average Bonchev–Trinajstić information content (AvgIpc) is 3.18. The highest BCUT2D eigenvalue weighted by molar-refractivity contribution is 5.75. The van der Waals surface area contributed by atoms with E-state index in [-0.39, 0.29) is 23.6 Å². The SMILES string of the molecule is CC(NC(=O)N1CCc2cc(F)ccc2C1)c1nc(-c2cccc(F)c2)no1. The van der Waals surface area contributed by atoms with Crippen LogP contribution in [0.2, 0.25) is 0 Å². The molecule has 1 aliphatic heterocycles. The van der Waals surface area contributed by atoms with Crippen molar-refractivity contribution in [2.45, 2.75) is 25.9 Å². The first-order valence-corrected chi connectivity index (χ1v) is 8.92. The van der Waals surface area contributed by atoms with Crippen molar-refractivity contribution in [2.75, 3.05) is 6.54 Å². The van der Waals surface area contributed by atoms with Gasteiger partial charge in [0.15, 0.2) is 0 Å². The Bertz CT molecular complexity index is 1020. The molecule has 0 radical (unpaired) electrons. The molecule has 1 N–H and O–H groups in total. The monoisotopic (exact) mass is 384 g/mol. The van der Waals surface area contributed by atoms with E-state index >= 15 is 0 Å². The molecule has 0 fully saturated rings. The summed E-state index contributed by atoms with van der Waals surface area (Å²) in [4.78, 5) is 18.5. The van der Waals surface area contributed by atoms with E-state index in [1.807, 2.05) is 0 Å². The van der Waals surface area contributed by atoms with Gasteiger partial charge in [-0.15, -0.1) is 0 Å². The molecule has 1 aliphatic rings. The van der Waals surface area contributed by atoms with Crippen LogP contribution in [0.15, 0.2) is 47.0 Å². The van der Waals surface area contributed by atoms with E-state index in [0.29, 0.717) is 25.1 Å². The largest absolute Gasteiger partial charge is 0.337 e. The van der Waals surface area contributed by atoms with Crippen molar-refractivity contribution >= 4 is 6.03 Å². The first kappa shape index (κ1) is 18.1. The van der Waals surface area contributed by atoms with Gasteiger partial charge in [-0.3, -0.25) is 0 Å². The Kier molecular flexibility index (Phi) is 4.77. The van der Waals surface area contributed by atoms with Crippen LogP contribution in [0.25, 0.3) is 11.4 Å². The molecule has 0 spiro atoms. The van der Waals surface area contributed by atoms with Crippen molar-refractivity contribution in [1.29, 1.82) is 0 Å². The molecule has 3 aromatic rings. The molecule has 1 unspecified atom stereocenters. The number of aromatic nitrogens is 2. The smallest absolute Gasteiger partial charge is 0.318 e. The number of halogens is 2. The van der Waals surface area contributed by atoms with Gasteiger partial charge in [0.05, 0.1) is 0 Å². The number of fused-ring (bicyclic) bond motifs is 1. The molecule has 2 amide bonds. The Hall–Kier alpha value is -3.29. The predicted octanol–water partition coefficient (Wildman–Crippen LogP) is 3.84. The standard InChI is InChI=1S/C20H18F2N4O2/c1-12(19-24-18(25-28-19)14-3-2-4-16(21)10-14)23-20(27)26-8-7-13-9-17(22)6-5-15(13)11-26/h2-6,9-10,12H,7-8,11H2,1H3,(H,23,27). The Balaban J connectivity index is 1.42. The molecule has 1 atom stereocenters. The zero-order valence-corrected chi connectivity index (χ0v) is 15.2. The van der Waals surface area contributed by atoms with Crippen molar-refractivity contribution in [3.05, 3.63) is 71.1 Å². The van der Waals surface area contributed by atoms with Crippen LogP contribution in [-0.4, -0.2) is 27.6 Å². The van der Waals surface area contributed by atoms with E-state index < -0.39 is 11.9 Å². The van der Waals surface area contributed by atoms with Gasteiger partial charge in [-0.05, 0) is 48.7 Å². The number of nitrogens with one attached hydrogen (secondary N) is 1. The van der Waals surface area contributed by atoms with Crippen molar-refractivity contribution in [2.24, 2.45) is 0 Å². The van der Waals surface area contributed by atoms with E-state index in [1.165, 1.54) is 24.3 Å². The van der Waals surface area contributed by atoms with Gasteiger partial charge < -0.3 is 14.7 Å². The number of carbonyl (C=O) groups excluding carboxylic acids is 1. The van der Waals surface area contributed by atoms with Gasteiger partial charge in [-0.25, -0.2) is 13.6 Å². The second-order valence-corrected chi connectivity index (χ2v) is 6.72. The molecule has 8 heteroatoms. The summed E-state index contributed by atoms with van der Waals surface area (Å²) in [5.74, 6) is -0.178. The van der Waals surface area contributed by atoms with Crippen LogP contribution in [0.3, 0.4) is 0 Å². The fourth-order valence-corrected chi connectivity index (χ4v) is 3.19. The summed E-state index contributed by atoms with van der Waals surface area (Å²) < 4.78 is 31.9. The maximum absolute atomic E-state index is 13.4. The minimum Gasteiger partial charge on any atom is -0.337 e. The third-order valence-electron chi connectivity index (χ3n) is 4.70. The van der Waals surface area contributed by atoms with Crippen LogP contribution in [0.5, 0.6) is 0 Å². The Morgan fingerprint density at radius 2 is 2.00 bits per heavy atom. The lowest BCUT2D eigenvalue weighted by molar-refractivity contribution is 0.186. The molecule has 0 aliphatic carbocycles. The number of hydrogen-bond acceptors (Lipinski definition) is 4. The lowest BCUT2D eigenvalue weighted by atomic mass is 10.00. The summed E-state index contributed by atoms with van der Waals surface area (Å²) in [6.07, 6.45) is 0.596. The Labute approximate surface area is 160 Å². The summed E-state index contributed by atoms with van der Waals surface area (Å²) in [6, 6.07) is 9.71. The lowest BCUT2D eigenvalue weighted by Gasteiger charge is -2.29. The fraction of sp³-hybridized carbons (Fsp3) is 0.250. The maximum Gasteiger partial charge on any atom is 0.318 e. The van der Waals surface area contributed by atoms with E-state index in [9.17, 15) is 13.6 Å². The van der Waals surface area contributed by atoms with Crippen LogP contribution in [-0.2, 0) is 13.0 Å². The summed E-state index contributed by atoms with van der Waals surface area (Å²) in [5.41, 5.74) is 2.35. The van der Waals surface area contributed by atoms with Crippen LogP contribution in [0.4, 0.5) is 13.6 Å². The minimum absolute atomic E-state index is 0.229. The molecule has 2 aromatic carbocycles. The highest BCUT2D eigenvalue weighted by Crippen LogP contribution is 2.22. The minimum atomic E-state index is -0.517. The Morgan fingerprint density at radius 1 is 1.18 bits per heavy atom. The molecule has 6 nitrogen and oxygen atoms in total. The molecular weight excluding hydrogens is 366 g/mol. The molecule has 0 saturated heterocycles. The first-order valence-electron chi connectivity index (χ1n) is 8.92. The predicted molar refractivity (Wildman–Crippen MR) is 97.2 cm³/mol. The second kappa shape index (κ2) is 7.38. The highest BCUT2D eigenvalue weighted by Gasteiger charge is 2.24. The topological polar surface area (TPSA) is 71.3 Å². The van der Waals surface area contributed by atoms with Gasteiger partial charge in [-0.2, -0.15) is 4.98 Å². The normalized spacial score (nSPS) is 14.5. The van der Waals surface area contributed by atoms with Gasteiger partial charge >= 0.3 is 6.03 Å². The zero-order valence-electron chi connectivity index (χ0n) is 15.2. The number of urea groups is 1. The molecule has 144 valence electrons. The molecule has 28 heavy (non-hydrogen) atoms. The third kappa shape index (κ3) is 3.71. The number of carbonyl (C=O) groups is 1. The second-order valence-electron chi connectivity index (χ2n) is 6.72. The van der Waals surface area contributed by atoms with E-state index in [4.69, 9.17) is 4.52 Å². The summed E-state index contributed by atoms with van der Waals surface area (Å²) in [7, 11) is 0. The van der Waals surface area contributed by atoms with Gasteiger partial charge in [0, 0.05) is 18.7 Å². The number of benzene rings is 2. The fourth-order valence-electron chi connectivity index (χ4n) is 3.19. The summed E-state index contributed by atoms with van der Waals surface area (Å²) >= 11 is 0. The molecule has 0 saturated carbocycles. The number of amides is 2. The van der Waals surface area contributed by atoms with Gasteiger partial charge in [0.1, 0.15) is 17.7 Å². The number of hydrogen-bond donors (Lipinski definition) is 1. The van der Waals surface area contributed by atoms with Crippen LogP contribution in [0, 0.1) is 11.6 Å². The van der Waals surface area contributed by atoms with Crippen LogP contribution in [0.1, 0.15) is 30.0 Å². The molecule has 0 bridgehead atoms. The van der Waals surface area contributed by atoms with Gasteiger partial charge in [-0.1, -0.05) is 23.4 Å². The average molecular weight is 384 g/mol. The zero-order chi connectivity index (χ0) is 19.7. The van der Waals surface area contributed by atoms with Gasteiger partial charge in [0.25, 0.3) is 0 Å². The van der Waals surface area contributed by atoms with Crippen LogP contribution >= 0.6 is 0 Å². The molecule has 4 rings (SSSR count). The van der Waals surface area contributed by atoms with Crippen molar-refractivity contribution in [3.63, 3.8) is 0 Å². The van der Waals surface area contributed by atoms with Crippen LogP contribution < -0.4 is 5.32 Å². The van der Waals surface area contributed by atoms with E-state index in [1.54, 1.807) is 30.0 Å². The Morgan fingerprint density at radius 3 is 2.82 bits per heavy atom. The summed E-state index contributed by atoms with van der Waals surface area (Å²) in [6.45, 7) is 2.63. The number of rotatable bonds is 3. The summed E-state index contributed by atoms with van der Waals surface area (Å²) in [5, 5.41) is 6.68. The van der Waals surface area contributed by atoms with Gasteiger partial charge in [0.2, 0.25) is 11.7 Å².